The van der Waals surface area contributed by atoms with Gasteiger partial charge in [0, 0.05) is 0 Å². The van der Waals surface area contributed by atoms with Gasteiger partial charge in [-0.2, -0.15) is 0 Å². The van der Waals surface area contributed by atoms with E-state index in [1.54, 1.807) is 0 Å². The zero-order chi connectivity index (χ0) is 25.8. The van der Waals surface area contributed by atoms with E-state index >= 15 is 0 Å². The van der Waals surface area contributed by atoms with Crippen molar-refractivity contribution in [2.75, 3.05) is 0 Å². The highest BCUT2D eigenvalue weighted by molar-refractivity contribution is 4.84. The van der Waals surface area contributed by atoms with E-state index in [1.165, 1.54) is 122 Å². The maximum absolute atomic E-state index is 2.69. The van der Waals surface area contributed by atoms with Crippen molar-refractivity contribution in [3.8, 4) is 0 Å². The monoisotopic (exact) mass is 479 g/mol. The van der Waals surface area contributed by atoms with Crippen molar-refractivity contribution < 1.29 is 0 Å². The summed E-state index contributed by atoms with van der Waals surface area (Å²) in [7, 11) is 0. The van der Waals surface area contributed by atoms with Crippen LogP contribution in [0.5, 0.6) is 0 Å². The lowest BCUT2D eigenvalue weighted by molar-refractivity contribution is 0.102. The summed E-state index contributed by atoms with van der Waals surface area (Å²) in [6, 6.07) is 0. The fraction of sp³-hybridized carbons (Fsp3) is 1.00. The predicted octanol–water partition coefficient (Wildman–Crippen LogP) is 12.6. The molecule has 0 bridgehead atoms. The topological polar surface area (TPSA) is 0 Å². The zero-order valence-electron chi connectivity index (χ0n) is 25.8. The maximum atomic E-state index is 2.69. The Hall–Kier alpha value is 0. The normalized spacial score (nSPS) is 18.3. The van der Waals surface area contributed by atoms with Crippen molar-refractivity contribution in [1.29, 1.82) is 0 Å². The van der Waals surface area contributed by atoms with Crippen LogP contribution in [0.25, 0.3) is 0 Å². The van der Waals surface area contributed by atoms with Gasteiger partial charge in [-0.15, -0.1) is 0 Å². The fourth-order valence-electron chi connectivity index (χ4n) is 7.22. The SMILES string of the molecule is CCCCCC(C)CC(C)CC(C)(CCCCC)C(CC)CCCCC(CC)CC(C)CCC. The predicted molar refractivity (Wildman–Crippen MR) is 159 cm³/mol. The van der Waals surface area contributed by atoms with E-state index in [0.29, 0.717) is 5.41 Å². The highest BCUT2D eigenvalue weighted by Crippen LogP contribution is 2.45. The van der Waals surface area contributed by atoms with Gasteiger partial charge >= 0.3 is 0 Å². The van der Waals surface area contributed by atoms with Gasteiger partial charge in [-0.1, -0.05) is 152 Å². The Morgan fingerprint density at radius 1 is 0.529 bits per heavy atom. The molecule has 0 amide bonds. The van der Waals surface area contributed by atoms with Crippen molar-refractivity contribution in [3.63, 3.8) is 0 Å². The Bertz CT molecular complexity index is 426. The molecule has 0 heterocycles. The van der Waals surface area contributed by atoms with Crippen molar-refractivity contribution in [2.45, 2.75) is 184 Å². The van der Waals surface area contributed by atoms with Gasteiger partial charge in [-0.25, -0.2) is 0 Å². The van der Waals surface area contributed by atoms with Crippen LogP contribution in [0.4, 0.5) is 0 Å². The van der Waals surface area contributed by atoms with Gasteiger partial charge < -0.3 is 0 Å². The summed E-state index contributed by atoms with van der Waals surface area (Å²) >= 11 is 0. The molecule has 0 radical (unpaired) electrons. The van der Waals surface area contributed by atoms with E-state index in [4.69, 9.17) is 0 Å². The Labute approximate surface area is 219 Å². The van der Waals surface area contributed by atoms with E-state index < -0.39 is 0 Å². The Balaban J connectivity index is 4.85. The highest BCUT2D eigenvalue weighted by atomic mass is 14.4. The average molecular weight is 479 g/mol. The molecule has 0 aliphatic carbocycles. The third-order valence-corrected chi connectivity index (χ3v) is 9.26. The molecule has 0 aliphatic rings. The largest absolute Gasteiger partial charge is 0.0654 e. The number of unbranched alkanes of at least 4 members (excludes halogenated alkanes) is 5. The van der Waals surface area contributed by atoms with Gasteiger partial charge in [0.25, 0.3) is 0 Å². The second-order valence-corrected chi connectivity index (χ2v) is 13.1. The molecule has 0 saturated heterocycles. The van der Waals surface area contributed by atoms with Crippen LogP contribution in [0.1, 0.15) is 184 Å². The molecule has 0 aromatic rings. The van der Waals surface area contributed by atoms with E-state index in [0.717, 1.165) is 29.6 Å². The van der Waals surface area contributed by atoms with Gasteiger partial charge in [-0.3, -0.25) is 0 Å². The molecular formula is C34H70. The smallest absolute Gasteiger partial charge is 0.0295 e. The Kier molecular flexibility index (Phi) is 21.1. The third-order valence-electron chi connectivity index (χ3n) is 9.26. The zero-order valence-corrected chi connectivity index (χ0v) is 25.8. The van der Waals surface area contributed by atoms with Gasteiger partial charge in [-0.05, 0) is 67.1 Å². The number of hydrogen-bond acceptors (Lipinski definition) is 0. The minimum atomic E-state index is 0.548. The lowest BCUT2D eigenvalue weighted by atomic mass is 9.65. The minimum Gasteiger partial charge on any atom is -0.0654 e. The van der Waals surface area contributed by atoms with Crippen molar-refractivity contribution >= 4 is 0 Å². The molecule has 0 rings (SSSR count). The molecule has 34 heavy (non-hydrogen) atoms. The summed E-state index contributed by atoms with van der Waals surface area (Å²) in [5.41, 5.74) is 0.548. The summed E-state index contributed by atoms with van der Waals surface area (Å²) in [6.45, 7) is 22.2. The molecule has 0 aliphatic heterocycles. The molecule has 0 heteroatoms. The van der Waals surface area contributed by atoms with Crippen LogP contribution in [-0.2, 0) is 0 Å². The summed E-state index contributed by atoms with van der Waals surface area (Å²) in [4.78, 5) is 0. The Morgan fingerprint density at radius 3 is 1.71 bits per heavy atom. The van der Waals surface area contributed by atoms with E-state index in [-0.39, 0.29) is 0 Å². The third kappa shape index (κ3) is 15.9. The molecule has 6 unspecified atom stereocenters. The van der Waals surface area contributed by atoms with E-state index in [1.807, 2.05) is 0 Å². The average Bonchev–Trinajstić information content (AvgIpc) is 2.78. The molecule has 0 aromatic heterocycles. The molecule has 0 spiro atoms. The molecule has 0 aromatic carbocycles. The van der Waals surface area contributed by atoms with Crippen LogP contribution < -0.4 is 0 Å². The molecule has 0 N–H and O–H groups in total. The molecule has 0 fully saturated rings. The van der Waals surface area contributed by atoms with Gasteiger partial charge in [0.15, 0.2) is 0 Å². The van der Waals surface area contributed by atoms with Crippen molar-refractivity contribution in [3.05, 3.63) is 0 Å². The molecule has 6 atom stereocenters. The van der Waals surface area contributed by atoms with Gasteiger partial charge in [0.1, 0.15) is 0 Å². The van der Waals surface area contributed by atoms with Gasteiger partial charge in [0.05, 0.1) is 0 Å². The number of hydrogen-bond donors (Lipinski definition) is 0. The van der Waals surface area contributed by atoms with Crippen molar-refractivity contribution in [1.82, 2.24) is 0 Å². The Morgan fingerprint density at radius 2 is 1.12 bits per heavy atom. The first-order valence-electron chi connectivity index (χ1n) is 16.3. The van der Waals surface area contributed by atoms with Crippen molar-refractivity contribution in [2.24, 2.45) is 35.0 Å². The van der Waals surface area contributed by atoms with Crippen LogP contribution in [0, 0.1) is 35.0 Å². The molecule has 206 valence electrons. The van der Waals surface area contributed by atoms with Crippen LogP contribution in [-0.4, -0.2) is 0 Å². The lowest BCUT2D eigenvalue weighted by Gasteiger charge is -2.40. The first kappa shape index (κ1) is 34.0. The summed E-state index contributed by atoms with van der Waals surface area (Å²) in [5.74, 6) is 4.59. The summed E-state index contributed by atoms with van der Waals surface area (Å²) in [5, 5.41) is 0. The van der Waals surface area contributed by atoms with Crippen LogP contribution in [0.3, 0.4) is 0 Å². The van der Waals surface area contributed by atoms with Crippen LogP contribution >= 0.6 is 0 Å². The first-order valence-corrected chi connectivity index (χ1v) is 16.3. The van der Waals surface area contributed by atoms with Crippen LogP contribution in [0.2, 0.25) is 0 Å². The summed E-state index contributed by atoms with van der Waals surface area (Å²) in [6.07, 6.45) is 27.1. The quantitative estimate of drug-likeness (QED) is 0.121. The molecule has 0 nitrogen and oxygen atoms in total. The second kappa shape index (κ2) is 21.1. The number of rotatable bonds is 24. The van der Waals surface area contributed by atoms with E-state index in [9.17, 15) is 0 Å². The maximum Gasteiger partial charge on any atom is -0.0295 e. The molecular weight excluding hydrogens is 408 g/mol. The standard InChI is InChI=1S/C34H70/c1-10-15-17-22-30(7)26-31(8)28-34(9,25-20-16-11-2)33(14-5)24-19-18-23-32(13-4)27-29(6)21-12-3/h29-33H,10-28H2,1-9H3. The first-order chi connectivity index (χ1) is 16.3. The minimum absolute atomic E-state index is 0.548. The highest BCUT2D eigenvalue weighted by Gasteiger charge is 2.33. The van der Waals surface area contributed by atoms with Crippen LogP contribution in [0.15, 0.2) is 0 Å². The fourth-order valence-corrected chi connectivity index (χ4v) is 7.22. The summed E-state index contributed by atoms with van der Waals surface area (Å²) < 4.78 is 0. The molecule has 0 saturated carbocycles. The van der Waals surface area contributed by atoms with Gasteiger partial charge in [0.2, 0.25) is 0 Å². The second-order valence-electron chi connectivity index (χ2n) is 13.1. The van der Waals surface area contributed by atoms with E-state index in [2.05, 4.69) is 62.3 Å². The lowest BCUT2D eigenvalue weighted by Crippen LogP contribution is -2.30.